The van der Waals surface area contributed by atoms with E-state index in [9.17, 15) is 4.79 Å². The molecule has 0 N–H and O–H groups in total. The summed E-state index contributed by atoms with van der Waals surface area (Å²) in [4.78, 5) is 11.9. The number of esters is 1. The molecule has 1 unspecified atom stereocenters. The van der Waals surface area contributed by atoms with Gasteiger partial charge in [0.2, 0.25) is 0 Å². The summed E-state index contributed by atoms with van der Waals surface area (Å²) in [6, 6.07) is 8.26. The van der Waals surface area contributed by atoms with Crippen LogP contribution in [0.2, 0.25) is 0 Å². The fourth-order valence-corrected chi connectivity index (χ4v) is 2.41. The Bertz CT molecular complexity index is 371. The maximum Gasteiger partial charge on any atom is 0.313 e. The van der Waals surface area contributed by atoms with Crippen LogP contribution in [0.3, 0.4) is 0 Å². The summed E-state index contributed by atoms with van der Waals surface area (Å²) in [5.41, 5.74) is 2.50. The van der Waals surface area contributed by atoms with Crippen molar-refractivity contribution in [2.24, 2.45) is 0 Å². The molecule has 16 heavy (non-hydrogen) atoms. The van der Waals surface area contributed by atoms with Crippen molar-refractivity contribution < 1.29 is 9.53 Å². The smallest absolute Gasteiger partial charge is 0.313 e. The number of benzene rings is 1. The zero-order valence-electron chi connectivity index (χ0n) is 9.74. The van der Waals surface area contributed by atoms with Crippen LogP contribution >= 0.6 is 0 Å². The third-order valence-electron chi connectivity index (χ3n) is 3.19. The molecular formula is C14H18O2. The molecule has 2 nitrogen and oxygen atoms in total. The van der Waals surface area contributed by atoms with Crippen LogP contribution in [-0.4, -0.2) is 12.6 Å². The first kappa shape index (κ1) is 11.2. The molecule has 0 amide bonds. The number of hydrogen-bond donors (Lipinski definition) is 0. The Labute approximate surface area is 96.6 Å². The highest BCUT2D eigenvalue weighted by atomic mass is 16.5. The molecule has 0 aromatic heterocycles. The molecule has 86 valence electrons. The van der Waals surface area contributed by atoms with Gasteiger partial charge in [0.05, 0.1) is 12.5 Å². The largest absolute Gasteiger partial charge is 0.466 e. The van der Waals surface area contributed by atoms with E-state index < -0.39 is 0 Å². The molecule has 2 heteroatoms. The fourth-order valence-electron chi connectivity index (χ4n) is 2.41. The van der Waals surface area contributed by atoms with E-state index in [-0.39, 0.29) is 11.9 Å². The second-order valence-corrected chi connectivity index (χ2v) is 4.25. The van der Waals surface area contributed by atoms with E-state index in [2.05, 4.69) is 12.1 Å². The number of carbonyl (C=O) groups excluding carboxylic acids is 1. The topological polar surface area (TPSA) is 26.3 Å². The highest BCUT2D eigenvalue weighted by Crippen LogP contribution is 2.31. The minimum absolute atomic E-state index is 0.0429. The number of ether oxygens (including phenoxy) is 1. The van der Waals surface area contributed by atoms with E-state index >= 15 is 0 Å². The maximum atomic E-state index is 11.9. The second kappa shape index (κ2) is 5.15. The average molecular weight is 218 g/mol. The number of hydrogen-bond acceptors (Lipinski definition) is 2. The van der Waals surface area contributed by atoms with Crippen LogP contribution in [0.1, 0.15) is 43.2 Å². The van der Waals surface area contributed by atoms with E-state index in [1.54, 1.807) is 0 Å². The summed E-state index contributed by atoms with van der Waals surface area (Å²) in [5, 5.41) is 0. The van der Waals surface area contributed by atoms with E-state index in [1.807, 2.05) is 19.1 Å². The van der Waals surface area contributed by atoms with Crippen LogP contribution in [0.25, 0.3) is 0 Å². The first-order chi connectivity index (χ1) is 7.83. The van der Waals surface area contributed by atoms with E-state index in [1.165, 1.54) is 17.5 Å². The molecule has 0 aliphatic heterocycles. The molecule has 1 aromatic carbocycles. The molecular weight excluding hydrogens is 200 g/mol. The van der Waals surface area contributed by atoms with Crippen molar-refractivity contribution in [3.8, 4) is 0 Å². The third-order valence-corrected chi connectivity index (χ3v) is 3.19. The molecule has 0 spiro atoms. The zero-order chi connectivity index (χ0) is 11.4. The van der Waals surface area contributed by atoms with Gasteiger partial charge in [-0.2, -0.15) is 0 Å². The van der Waals surface area contributed by atoms with Crippen molar-refractivity contribution in [2.75, 3.05) is 6.61 Å². The van der Waals surface area contributed by atoms with Crippen LogP contribution in [-0.2, 0) is 16.0 Å². The average Bonchev–Trinajstić information content (AvgIpc) is 2.51. The highest BCUT2D eigenvalue weighted by molar-refractivity contribution is 5.78. The molecule has 0 bridgehead atoms. The molecule has 0 saturated carbocycles. The summed E-state index contributed by atoms with van der Waals surface area (Å²) in [6.07, 6.45) is 4.30. The van der Waals surface area contributed by atoms with Gasteiger partial charge in [-0.1, -0.05) is 30.7 Å². The number of carbonyl (C=O) groups is 1. The van der Waals surface area contributed by atoms with Gasteiger partial charge in [-0.25, -0.2) is 0 Å². The molecule has 1 aliphatic rings. The Morgan fingerprint density at radius 2 is 2.19 bits per heavy atom. The molecule has 1 aromatic rings. The van der Waals surface area contributed by atoms with Gasteiger partial charge in [0.25, 0.3) is 0 Å². The fraction of sp³-hybridized carbons (Fsp3) is 0.500. The standard InChI is InChI=1S/C14H18O2/c1-2-16-14(15)13-10-6-4-8-11-7-3-5-9-12(11)13/h3,5,7,9,13H,2,4,6,8,10H2,1H3. The molecule has 1 aliphatic carbocycles. The van der Waals surface area contributed by atoms with Crippen molar-refractivity contribution in [1.82, 2.24) is 0 Å². The zero-order valence-corrected chi connectivity index (χ0v) is 9.74. The Kier molecular flexibility index (Phi) is 3.60. The van der Waals surface area contributed by atoms with Gasteiger partial charge in [-0.15, -0.1) is 0 Å². The third kappa shape index (κ3) is 2.26. The van der Waals surface area contributed by atoms with Crippen LogP contribution < -0.4 is 0 Å². The quantitative estimate of drug-likeness (QED) is 0.563. The molecule has 1 atom stereocenters. The Hall–Kier alpha value is -1.31. The summed E-state index contributed by atoms with van der Waals surface area (Å²) in [5.74, 6) is -0.101. The predicted octanol–water partition coefficient (Wildman–Crippen LogP) is 3.06. The summed E-state index contributed by atoms with van der Waals surface area (Å²) >= 11 is 0. The van der Waals surface area contributed by atoms with Crippen LogP contribution in [0.5, 0.6) is 0 Å². The van der Waals surface area contributed by atoms with Crippen molar-refractivity contribution in [1.29, 1.82) is 0 Å². The lowest BCUT2D eigenvalue weighted by Gasteiger charge is -2.15. The minimum Gasteiger partial charge on any atom is -0.466 e. The van der Waals surface area contributed by atoms with Crippen molar-refractivity contribution in [2.45, 2.75) is 38.5 Å². The van der Waals surface area contributed by atoms with Gasteiger partial charge in [0.15, 0.2) is 0 Å². The van der Waals surface area contributed by atoms with Crippen LogP contribution in [0, 0.1) is 0 Å². The van der Waals surface area contributed by atoms with Crippen molar-refractivity contribution >= 4 is 5.97 Å². The second-order valence-electron chi connectivity index (χ2n) is 4.25. The van der Waals surface area contributed by atoms with Gasteiger partial charge in [-0.3, -0.25) is 4.79 Å². The lowest BCUT2D eigenvalue weighted by Crippen LogP contribution is -2.16. The van der Waals surface area contributed by atoms with Gasteiger partial charge >= 0.3 is 5.97 Å². The predicted molar refractivity (Wildman–Crippen MR) is 63.4 cm³/mol. The Balaban J connectivity index is 2.28. The number of aryl methyl sites for hydroxylation is 1. The Morgan fingerprint density at radius 1 is 1.38 bits per heavy atom. The SMILES string of the molecule is CCOC(=O)C1CCCCc2ccccc21. The first-order valence-corrected chi connectivity index (χ1v) is 6.07. The summed E-state index contributed by atoms with van der Waals surface area (Å²) in [6.45, 7) is 2.33. The van der Waals surface area contributed by atoms with Gasteiger partial charge < -0.3 is 4.74 Å². The highest BCUT2D eigenvalue weighted by Gasteiger charge is 2.25. The number of fused-ring (bicyclic) bond motifs is 1. The molecule has 0 fully saturated rings. The molecule has 0 radical (unpaired) electrons. The summed E-state index contributed by atoms with van der Waals surface area (Å²) in [7, 11) is 0. The maximum absolute atomic E-state index is 11.9. The minimum atomic E-state index is -0.0585. The first-order valence-electron chi connectivity index (χ1n) is 6.07. The summed E-state index contributed by atoms with van der Waals surface area (Å²) < 4.78 is 5.15. The molecule has 2 rings (SSSR count). The van der Waals surface area contributed by atoms with Crippen molar-refractivity contribution in [3.05, 3.63) is 35.4 Å². The van der Waals surface area contributed by atoms with Crippen molar-refractivity contribution in [3.63, 3.8) is 0 Å². The number of rotatable bonds is 2. The van der Waals surface area contributed by atoms with E-state index in [4.69, 9.17) is 4.74 Å². The van der Waals surface area contributed by atoms with Crippen LogP contribution in [0.4, 0.5) is 0 Å². The lowest BCUT2D eigenvalue weighted by atomic mass is 9.93. The molecule has 0 saturated heterocycles. The monoisotopic (exact) mass is 218 g/mol. The van der Waals surface area contributed by atoms with Gasteiger partial charge in [0.1, 0.15) is 0 Å². The van der Waals surface area contributed by atoms with Gasteiger partial charge in [0, 0.05) is 0 Å². The van der Waals surface area contributed by atoms with Crippen LogP contribution in [0.15, 0.2) is 24.3 Å². The van der Waals surface area contributed by atoms with E-state index in [0.29, 0.717) is 6.61 Å². The molecule has 0 heterocycles. The lowest BCUT2D eigenvalue weighted by molar-refractivity contribution is -0.145. The van der Waals surface area contributed by atoms with E-state index in [0.717, 1.165) is 19.3 Å². The van der Waals surface area contributed by atoms with Gasteiger partial charge in [-0.05, 0) is 37.3 Å². The Morgan fingerprint density at radius 3 is 3.00 bits per heavy atom. The normalized spacial score (nSPS) is 19.7.